The fourth-order valence-corrected chi connectivity index (χ4v) is 2.75. The van der Waals surface area contributed by atoms with Gasteiger partial charge in [0.1, 0.15) is 16.9 Å². The molecule has 0 saturated heterocycles. The maximum absolute atomic E-state index is 12.3. The second kappa shape index (κ2) is 6.80. The Morgan fingerprint density at radius 3 is 3.00 bits per heavy atom. The predicted molar refractivity (Wildman–Crippen MR) is 96.9 cm³/mol. The van der Waals surface area contributed by atoms with Crippen LogP contribution in [0.1, 0.15) is 38.4 Å². The summed E-state index contributed by atoms with van der Waals surface area (Å²) in [4.78, 5) is 19.6. The number of H-pyrrole nitrogens is 1. The van der Waals surface area contributed by atoms with Gasteiger partial charge in [-0.1, -0.05) is 34.7 Å². The van der Waals surface area contributed by atoms with E-state index in [9.17, 15) is 9.90 Å². The molecule has 2 heterocycles. The molecule has 124 valence electrons. The summed E-state index contributed by atoms with van der Waals surface area (Å²) in [5, 5.41) is 10.3. The molecular weight excluding hydrogens is 372 g/mol. The Bertz CT molecular complexity index is 1010. The average Bonchev–Trinajstić information content (AvgIpc) is 2.93. The summed E-state index contributed by atoms with van der Waals surface area (Å²) in [6.45, 7) is 3.78. The van der Waals surface area contributed by atoms with E-state index in [1.165, 1.54) is 0 Å². The Morgan fingerprint density at radius 1 is 1.46 bits per heavy atom. The molecule has 0 aliphatic carbocycles. The predicted octanol–water partition coefficient (Wildman–Crippen LogP) is 3.70. The lowest BCUT2D eigenvalue weighted by atomic mass is 10.1. The summed E-state index contributed by atoms with van der Waals surface area (Å²) in [6.07, 6.45) is 0.656. The molecule has 3 rings (SSSR count). The van der Waals surface area contributed by atoms with E-state index in [4.69, 9.17) is 4.42 Å². The van der Waals surface area contributed by atoms with E-state index in [1.807, 2.05) is 26.0 Å². The summed E-state index contributed by atoms with van der Waals surface area (Å²) in [7, 11) is 0. The molecule has 2 aromatic heterocycles. The normalized spacial score (nSPS) is 13.7. The molecule has 1 aromatic carbocycles. The van der Waals surface area contributed by atoms with Crippen LogP contribution < -0.4 is 5.56 Å². The Kier molecular flexibility index (Phi) is 4.74. The smallest absolute Gasteiger partial charge is 0.294 e. The maximum Gasteiger partial charge on any atom is 0.294 e. The van der Waals surface area contributed by atoms with E-state index >= 15 is 0 Å². The van der Waals surface area contributed by atoms with Gasteiger partial charge in [0.25, 0.3) is 5.56 Å². The minimum absolute atomic E-state index is 0.216. The van der Waals surface area contributed by atoms with Crippen LogP contribution in [0.5, 0.6) is 0 Å². The van der Waals surface area contributed by atoms with E-state index in [-0.39, 0.29) is 17.1 Å². The van der Waals surface area contributed by atoms with E-state index in [0.717, 1.165) is 9.86 Å². The number of aliphatic hydroxyl groups excluding tert-OH is 1. The SMILES string of the molecule is CC[C@@H](O)CC#CC(C)c1nc2c(oc3ccc(Br)cc32)c(=O)[nH]1. The third kappa shape index (κ3) is 3.23. The van der Waals surface area contributed by atoms with Crippen LogP contribution in [0.25, 0.3) is 22.1 Å². The molecule has 6 heteroatoms. The molecule has 1 unspecified atom stereocenters. The van der Waals surface area contributed by atoms with Crippen LogP contribution in [-0.2, 0) is 0 Å². The van der Waals surface area contributed by atoms with Crippen LogP contribution >= 0.6 is 15.9 Å². The lowest BCUT2D eigenvalue weighted by molar-refractivity contribution is 0.176. The van der Waals surface area contributed by atoms with Crippen molar-refractivity contribution < 1.29 is 9.52 Å². The van der Waals surface area contributed by atoms with Crippen molar-refractivity contribution in [2.24, 2.45) is 0 Å². The zero-order chi connectivity index (χ0) is 17.3. The van der Waals surface area contributed by atoms with Crippen molar-refractivity contribution in [1.82, 2.24) is 9.97 Å². The topological polar surface area (TPSA) is 79.1 Å². The first-order valence-corrected chi connectivity index (χ1v) is 8.57. The molecule has 2 N–H and O–H groups in total. The van der Waals surface area contributed by atoms with Crippen LogP contribution in [0, 0.1) is 11.8 Å². The number of aromatic amines is 1. The van der Waals surface area contributed by atoms with Crippen molar-refractivity contribution >= 4 is 38.0 Å². The summed E-state index contributed by atoms with van der Waals surface area (Å²) in [5.74, 6) is 6.22. The van der Waals surface area contributed by atoms with Gasteiger partial charge in [0, 0.05) is 16.3 Å². The van der Waals surface area contributed by atoms with Crippen molar-refractivity contribution in [3.05, 3.63) is 38.9 Å². The highest BCUT2D eigenvalue weighted by Crippen LogP contribution is 2.28. The highest BCUT2D eigenvalue weighted by Gasteiger charge is 2.15. The highest BCUT2D eigenvalue weighted by atomic mass is 79.9. The van der Waals surface area contributed by atoms with E-state index < -0.39 is 6.10 Å². The lowest BCUT2D eigenvalue weighted by Gasteiger charge is -2.04. The highest BCUT2D eigenvalue weighted by molar-refractivity contribution is 9.10. The fraction of sp³-hybridized carbons (Fsp3) is 0.333. The van der Waals surface area contributed by atoms with Crippen molar-refractivity contribution in [3.63, 3.8) is 0 Å². The van der Waals surface area contributed by atoms with Gasteiger partial charge < -0.3 is 14.5 Å². The number of fused-ring (bicyclic) bond motifs is 3. The van der Waals surface area contributed by atoms with Gasteiger partial charge in [0.05, 0.1) is 12.0 Å². The van der Waals surface area contributed by atoms with Gasteiger partial charge in [-0.15, -0.1) is 0 Å². The van der Waals surface area contributed by atoms with Gasteiger partial charge in [0.2, 0.25) is 5.58 Å². The van der Waals surface area contributed by atoms with Gasteiger partial charge in [-0.25, -0.2) is 4.98 Å². The molecule has 0 radical (unpaired) electrons. The zero-order valence-corrected chi connectivity index (χ0v) is 15.0. The zero-order valence-electron chi connectivity index (χ0n) is 13.4. The molecule has 0 aliphatic heterocycles. The van der Waals surface area contributed by atoms with E-state index in [2.05, 4.69) is 37.7 Å². The number of benzene rings is 1. The van der Waals surface area contributed by atoms with Crippen molar-refractivity contribution in [2.75, 3.05) is 0 Å². The molecule has 0 amide bonds. The van der Waals surface area contributed by atoms with Gasteiger partial charge >= 0.3 is 0 Å². The molecule has 0 spiro atoms. The largest absolute Gasteiger partial charge is 0.449 e. The van der Waals surface area contributed by atoms with Gasteiger partial charge in [-0.3, -0.25) is 4.79 Å². The Morgan fingerprint density at radius 2 is 2.25 bits per heavy atom. The Hall–Kier alpha value is -2.10. The van der Waals surface area contributed by atoms with E-state index in [0.29, 0.717) is 29.8 Å². The first kappa shape index (κ1) is 16.7. The second-order valence-electron chi connectivity index (χ2n) is 5.68. The number of nitrogens with one attached hydrogen (secondary N) is 1. The van der Waals surface area contributed by atoms with Crippen LogP contribution in [0.3, 0.4) is 0 Å². The van der Waals surface area contributed by atoms with Crippen molar-refractivity contribution in [2.45, 2.75) is 38.7 Å². The number of hydrogen-bond acceptors (Lipinski definition) is 4. The third-order valence-electron chi connectivity index (χ3n) is 3.84. The standard InChI is InChI=1S/C18H17BrN2O3/c1-3-12(22)6-4-5-10(2)17-20-15-13-9-11(19)7-8-14(13)24-16(15)18(23)21-17/h7-10,12,22H,3,6H2,1-2H3,(H,20,21,23)/t10?,12-/m1/s1. The number of furan rings is 1. The molecule has 24 heavy (non-hydrogen) atoms. The minimum atomic E-state index is -0.422. The van der Waals surface area contributed by atoms with Crippen molar-refractivity contribution in [3.8, 4) is 11.8 Å². The second-order valence-corrected chi connectivity index (χ2v) is 6.60. The number of aliphatic hydroxyl groups is 1. The maximum atomic E-state index is 12.3. The number of hydrogen-bond donors (Lipinski definition) is 2. The van der Waals surface area contributed by atoms with Crippen LogP contribution in [0.4, 0.5) is 0 Å². The number of aromatic nitrogens is 2. The quantitative estimate of drug-likeness (QED) is 0.670. The summed E-state index contributed by atoms with van der Waals surface area (Å²) in [5.41, 5.74) is 1.05. The fourth-order valence-electron chi connectivity index (χ4n) is 2.39. The monoisotopic (exact) mass is 388 g/mol. The molecule has 0 aliphatic rings. The van der Waals surface area contributed by atoms with Crippen LogP contribution in [0.2, 0.25) is 0 Å². The third-order valence-corrected chi connectivity index (χ3v) is 4.33. The molecule has 3 aromatic rings. The van der Waals surface area contributed by atoms with Crippen molar-refractivity contribution in [1.29, 1.82) is 0 Å². The van der Waals surface area contributed by atoms with Crippen LogP contribution in [-0.4, -0.2) is 21.2 Å². The first-order valence-electron chi connectivity index (χ1n) is 7.78. The summed E-state index contributed by atoms with van der Waals surface area (Å²) in [6, 6.07) is 5.54. The molecule has 0 saturated carbocycles. The summed E-state index contributed by atoms with van der Waals surface area (Å²) >= 11 is 3.42. The van der Waals surface area contributed by atoms with Crippen LogP contribution in [0.15, 0.2) is 31.9 Å². The number of rotatable bonds is 3. The van der Waals surface area contributed by atoms with E-state index in [1.54, 1.807) is 6.07 Å². The molecular formula is C18H17BrN2O3. The molecule has 0 fully saturated rings. The molecule has 0 bridgehead atoms. The Balaban J connectivity index is 2.05. The lowest BCUT2D eigenvalue weighted by Crippen LogP contribution is -2.12. The average molecular weight is 389 g/mol. The summed E-state index contributed by atoms with van der Waals surface area (Å²) < 4.78 is 6.50. The number of halogens is 1. The molecule has 2 atom stereocenters. The molecule has 5 nitrogen and oxygen atoms in total. The van der Waals surface area contributed by atoms with Gasteiger partial charge in [0.15, 0.2) is 0 Å². The first-order chi connectivity index (χ1) is 11.5. The van der Waals surface area contributed by atoms with Gasteiger partial charge in [-0.2, -0.15) is 0 Å². The Labute approximate surface area is 147 Å². The van der Waals surface area contributed by atoms with Gasteiger partial charge in [-0.05, 0) is 31.5 Å². The minimum Gasteiger partial charge on any atom is -0.449 e. The number of nitrogens with zero attached hydrogens (tertiary/aromatic N) is 1.